The topological polar surface area (TPSA) is 18.5 Å². The summed E-state index contributed by atoms with van der Waals surface area (Å²) in [4.78, 5) is 0. The van der Waals surface area contributed by atoms with Gasteiger partial charge in [-0.25, -0.2) is 0 Å². The van der Waals surface area contributed by atoms with E-state index in [1.807, 2.05) is 5.57 Å². The van der Waals surface area contributed by atoms with Gasteiger partial charge in [-0.3, -0.25) is 0 Å². The van der Waals surface area contributed by atoms with Gasteiger partial charge in [0.05, 0.1) is 13.2 Å². The normalized spacial score (nSPS) is 58.1. The van der Waals surface area contributed by atoms with E-state index in [9.17, 15) is 0 Å². The molecule has 2 nitrogen and oxygen atoms in total. The molecule has 5 aliphatic carbocycles. The van der Waals surface area contributed by atoms with Crippen molar-refractivity contribution in [2.45, 2.75) is 77.9 Å². The summed E-state index contributed by atoms with van der Waals surface area (Å²) in [5.74, 6) is 3.05. The van der Waals surface area contributed by atoms with Crippen LogP contribution in [0.25, 0.3) is 0 Å². The summed E-state index contributed by atoms with van der Waals surface area (Å²) < 4.78 is 12.3. The lowest BCUT2D eigenvalue weighted by Crippen LogP contribution is -2.52. The third-order valence-corrected chi connectivity index (χ3v) is 10.5. The summed E-state index contributed by atoms with van der Waals surface area (Å²) >= 11 is 0. The fourth-order valence-electron chi connectivity index (χ4n) is 9.09. The van der Waals surface area contributed by atoms with Gasteiger partial charge in [-0.1, -0.05) is 25.5 Å². The maximum atomic E-state index is 6.13. The first kappa shape index (κ1) is 15.7. The molecule has 1 heterocycles. The molecule has 0 aromatic rings. The lowest BCUT2D eigenvalue weighted by atomic mass is 9.47. The Labute approximate surface area is 152 Å². The molecule has 0 bridgehead atoms. The van der Waals surface area contributed by atoms with Gasteiger partial charge in [-0.2, -0.15) is 0 Å². The van der Waals surface area contributed by atoms with Gasteiger partial charge in [-0.15, -0.1) is 0 Å². The second-order valence-electron chi connectivity index (χ2n) is 10.9. The highest BCUT2D eigenvalue weighted by Crippen LogP contribution is 2.81. The Hall–Kier alpha value is -0.340. The SMILES string of the molecule is CC1([C@H]2CC=C3[C@@H]4CC[C@]56C[C@@H]5CC[C@]6(C)[C@H]4CC[C@@]32C)OCCO1. The number of hydrogen-bond acceptors (Lipinski definition) is 2. The Kier molecular flexibility index (Phi) is 2.86. The molecule has 2 heteroatoms. The molecule has 0 amide bonds. The predicted molar refractivity (Wildman–Crippen MR) is 97.9 cm³/mol. The lowest BCUT2D eigenvalue weighted by Gasteiger charge is -2.58. The first-order valence-corrected chi connectivity index (χ1v) is 10.9. The lowest BCUT2D eigenvalue weighted by molar-refractivity contribution is -0.205. The molecule has 0 unspecified atom stereocenters. The molecule has 0 N–H and O–H groups in total. The van der Waals surface area contributed by atoms with E-state index >= 15 is 0 Å². The van der Waals surface area contributed by atoms with Crippen LogP contribution in [0.5, 0.6) is 0 Å². The molecule has 6 rings (SSSR count). The molecular weight excluding hydrogens is 308 g/mol. The van der Waals surface area contributed by atoms with Crippen molar-refractivity contribution >= 4 is 0 Å². The Morgan fingerprint density at radius 3 is 2.52 bits per heavy atom. The third-order valence-electron chi connectivity index (χ3n) is 10.5. The average Bonchev–Trinajstić information content (AvgIpc) is 2.85. The molecule has 138 valence electrons. The van der Waals surface area contributed by atoms with Gasteiger partial charge in [0.25, 0.3) is 0 Å². The van der Waals surface area contributed by atoms with Gasteiger partial charge >= 0.3 is 0 Å². The van der Waals surface area contributed by atoms with E-state index in [0.717, 1.165) is 42.8 Å². The van der Waals surface area contributed by atoms with Crippen LogP contribution in [0.4, 0.5) is 0 Å². The molecule has 4 saturated carbocycles. The Bertz CT molecular complexity index is 646. The molecule has 1 spiro atoms. The number of fused-ring (bicyclic) bond motifs is 4. The van der Waals surface area contributed by atoms with Crippen LogP contribution in [-0.4, -0.2) is 19.0 Å². The standard InChI is InChI=1S/C23H34O2/c1-20-9-8-18-16(7-11-23-14-15(23)6-10-21(18,23)2)17(20)4-5-19(20)22(3)24-12-13-25-22/h4,15-16,18-19H,5-14H2,1-3H3/t15-,16-,18-,19-,20-,21+,23-/m0/s1. The van der Waals surface area contributed by atoms with E-state index in [4.69, 9.17) is 9.47 Å². The minimum atomic E-state index is -0.353. The molecule has 7 atom stereocenters. The van der Waals surface area contributed by atoms with Crippen molar-refractivity contribution in [3.8, 4) is 0 Å². The van der Waals surface area contributed by atoms with E-state index in [0.29, 0.717) is 16.7 Å². The van der Waals surface area contributed by atoms with Crippen molar-refractivity contribution in [3.05, 3.63) is 11.6 Å². The largest absolute Gasteiger partial charge is 0.347 e. The fourth-order valence-corrected chi connectivity index (χ4v) is 9.09. The summed E-state index contributed by atoms with van der Waals surface area (Å²) in [5, 5.41) is 0. The second kappa shape index (κ2) is 4.55. The Morgan fingerprint density at radius 1 is 0.960 bits per heavy atom. The van der Waals surface area contributed by atoms with Crippen LogP contribution >= 0.6 is 0 Å². The highest BCUT2D eigenvalue weighted by Gasteiger charge is 2.73. The number of rotatable bonds is 1. The van der Waals surface area contributed by atoms with Crippen LogP contribution in [-0.2, 0) is 9.47 Å². The number of allylic oxidation sites excluding steroid dienone is 2. The van der Waals surface area contributed by atoms with Gasteiger partial charge in [0, 0.05) is 5.92 Å². The highest BCUT2D eigenvalue weighted by atomic mass is 16.7. The van der Waals surface area contributed by atoms with Crippen molar-refractivity contribution in [2.75, 3.05) is 13.2 Å². The van der Waals surface area contributed by atoms with Gasteiger partial charge in [0.2, 0.25) is 0 Å². The van der Waals surface area contributed by atoms with Gasteiger partial charge in [-0.05, 0) is 92.3 Å². The highest BCUT2D eigenvalue weighted by molar-refractivity contribution is 5.33. The summed E-state index contributed by atoms with van der Waals surface area (Å²) in [7, 11) is 0. The van der Waals surface area contributed by atoms with Crippen LogP contribution < -0.4 is 0 Å². The van der Waals surface area contributed by atoms with Gasteiger partial charge < -0.3 is 9.47 Å². The van der Waals surface area contributed by atoms with Crippen LogP contribution in [0.1, 0.15) is 72.1 Å². The molecule has 5 fully saturated rings. The van der Waals surface area contributed by atoms with E-state index in [1.54, 1.807) is 6.42 Å². The second-order valence-corrected chi connectivity index (χ2v) is 10.9. The van der Waals surface area contributed by atoms with Crippen molar-refractivity contribution in [1.82, 2.24) is 0 Å². The fraction of sp³-hybridized carbons (Fsp3) is 0.913. The zero-order chi connectivity index (χ0) is 17.1. The molecule has 1 aliphatic heterocycles. The number of hydrogen-bond donors (Lipinski definition) is 0. The first-order valence-electron chi connectivity index (χ1n) is 10.9. The first-order chi connectivity index (χ1) is 11.9. The molecule has 25 heavy (non-hydrogen) atoms. The third kappa shape index (κ3) is 1.66. The van der Waals surface area contributed by atoms with Crippen LogP contribution in [0, 0.1) is 39.9 Å². The van der Waals surface area contributed by atoms with Crippen molar-refractivity contribution in [1.29, 1.82) is 0 Å². The molecule has 0 aromatic heterocycles. The van der Waals surface area contributed by atoms with E-state index in [-0.39, 0.29) is 5.79 Å². The van der Waals surface area contributed by atoms with Gasteiger partial charge in [0.1, 0.15) is 0 Å². The summed E-state index contributed by atoms with van der Waals surface area (Å²) in [6.07, 6.45) is 14.2. The molecule has 1 saturated heterocycles. The van der Waals surface area contributed by atoms with Crippen molar-refractivity contribution in [2.24, 2.45) is 39.9 Å². The van der Waals surface area contributed by atoms with E-state index in [1.165, 1.54) is 38.5 Å². The van der Waals surface area contributed by atoms with Gasteiger partial charge in [0.15, 0.2) is 5.79 Å². The van der Waals surface area contributed by atoms with Crippen molar-refractivity contribution in [3.63, 3.8) is 0 Å². The summed E-state index contributed by atoms with van der Waals surface area (Å²) in [6.45, 7) is 8.99. The Morgan fingerprint density at radius 2 is 1.76 bits per heavy atom. The molecule has 0 aromatic carbocycles. The zero-order valence-electron chi connectivity index (χ0n) is 16.3. The molecule has 6 aliphatic rings. The van der Waals surface area contributed by atoms with E-state index in [2.05, 4.69) is 26.8 Å². The van der Waals surface area contributed by atoms with E-state index < -0.39 is 0 Å². The minimum Gasteiger partial charge on any atom is -0.347 e. The zero-order valence-corrected chi connectivity index (χ0v) is 16.3. The summed E-state index contributed by atoms with van der Waals surface area (Å²) in [6, 6.07) is 0. The van der Waals surface area contributed by atoms with Crippen molar-refractivity contribution < 1.29 is 9.47 Å². The molecular formula is C23H34O2. The predicted octanol–water partition coefficient (Wildman–Crippen LogP) is 5.33. The maximum absolute atomic E-state index is 6.13. The van der Waals surface area contributed by atoms with Crippen LogP contribution in [0.15, 0.2) is 11.6 Å². The maximum Gasteiger partial charge on any atom is 0.169 e. The smallest absolute Gasteiger partial charge is 0.169 e. The Balaban J connectivity index is 1.34. The van der Waals surface area contributed by atoms with Crippen LogP contribution in [0.3, 0.4) is 0 Å². The quantitative estimate of drug-likeness (QED) is 0.600. The van der Waals surface area contributed by atoms with Crippen LogP contribution in [0.2, 0.25) is 0 Å². The monoisotopic (exact) mass is 342 g/mol. The average molecular weight is 343 g/mol. The number of ether oxygens (including phenoxy) is 2. The molecule has 0 radical (unpaired) electrons. The minimum absolute atomic E-state index is 0.308. The summed E-state index contributed by atoms with van der Waals surface area (Å²) in [5.41, 5.74) is 3.53.